The Kier molecular flexibility index (Phi) is 12.0. The zero-order valence-corrected chi connectivity index (χ0v) is 31.3. The molecule has 14 nitrogen and oxygen atoms in total. The van der Waals surface area contributed by atoms with E-state index in [1.54, 1.807) is 53.6 Å². The summed E-state index contributed by atoms with van der Waals surface area (Å²) in [6.07, 6.45) is 6.61. The van der Waals surface area contributed by atoms with E-state index in [2.05, 4.69) is 0 Å². The predicted octanol–water partition coefficient (Wildman–Crippen LogP) is 2.55. The number of hydrogen-bond donors (Lipinski definition) is 3. The van der Waals surface area contributed by atoms with Gasteiger partial charge in [-0.15, -0.1) is 11.3 Å². The highest BCUT2D eigenvalue weighted by Crippen LogP contribution is 2.32. The van der Waals surface area contributed by atoms with Gasteiger partial charge in [0.1, 0.15) is 20.4 Å². The third-order valence-electron chi connectivity index (χ3n) is 7.73. The number of rotatable bonds is 13. The van der Waals surface area contributed by atoms with E-state index in [4.69, 9.17) is 17.0 Å². The molecule has 3 aromatic rings. The Balaban J connectivity index is 1.64. The molecule has 1 aromatic heterocycles. The lowest BCUT2D eigenvalue weighted by atomic mass is 10.1. The van der Waals surface area contributed by atoms with Gasteiger partial charge in [0.2, 0.25) is 0 Å². The fraction of sp³-hybridized carbons (Fsp3) is 0.212. The number of nitrogens with zero attached hydrogens (tertiary/aromatic N) is 3. The highest BCUT2D eigenvalue weighted by Gasteiger charge is 2.35. The second-order valence-corrected chi connectivity index (χ2v) is 17.5. The number of thiazole rings is 1. The predicted molar refractivity (Wildman–Crippen MR) is 202 cm³/mol. The number of amides is 1. The number of allylic oxidation sites excluding steroid dienone is 3. The van der Waals surface area contributed by atoms with Gasteiger partial charge in [0.25, 0.3) is 31.7 Å². The van der Waals surface area contributed by atoms with Crippen LogP contribution in [0.3, 0.4) is 0 Å². The molecule has 0 spiro atoms. The number of carbonyl (C=O) groups excluding carboxylic acids is 1. The van der Waals surface area contributed by atoms with Crippen molar-refractivity contribution in [2.24, 2.45) is 0 Å². The lowest BCUT2D eigenvalue weighted by Gasteiger charge is -2.17. The lowest BCUT2D eigenvalue weighted by Crippen LogP contribution is -2.36. The fourth-order valence-corrected chi connectivity index (χ4v) is 8.32. The summed E-state index contributed by atoms with van der Waals surface area (Å²) in [6, 6.07) is 18.1. The number of aromatic nitrogens is 1. The summed E-state index contributed by atoms with van der Waals surface area (Å²) in [7, 11) is -8.80. The van der Waals surface area contributed by atoms with E-state index in [9.17, 15) is 45.4 Å². The smallest absolute Gasteiger partial charge is 0.323 e. The number of carboxylic acids is 1. The lowest BCUT2D eigenvalue weighted by molar-refractivity contribution is -0.140. The Morgan fingerprint density at radius 3 is 2.27 bits per heavy atom. The van der Waals surface area contributed by atoms with E-state index < -0.39 is 61.8 Å². The van der Waals surface area contributed by atoms with Crippen LogP contribution >= 0.6 is 35.3 Å². The van der Waals surface area contributed by atoms with Crippen molar-refractivity contribution in [2.75, 3.05) is 18.8 Å². The van der Waals surface area contributed by atoms with Crippen LogP contribution in [0.4, 0.5) is 0 Å². The van der Waals surface area contributed by atoms with Gasteiger partial charge in [-0.25, -0.2) is 0 Å². The summed E-state index contributed by atoms with van der Waals surface area (Å²) in [5.74, 6) is -2.11. The summed E-state index contributed by atoms with van der Waals surface area (Å²) >= 11 is 6.86. The van der Waals surface area contributed by atoms with Crippen LogP contribution in [0.2, 0.25) is 0 Å². The maximum atomic E-state index is 13.9. The molecule has 2 aliphatic heterocycles. The van der Waals surface area contributed by atoms with Crippen molar-refractivity contribution in [1.29, 1.82) is 0 Å². The molecule has 0 bridgehead atoms. The molecule has 0 radical (unpaired) electrons. The molecule has 52 heavy (non-hydrogen) atoms. The van der Waals surface area contributed by atoms with Crippen molar-refractivity contribution in [2.45, 2.75) is 25.1 Å². The number of ether oxygens (including phenoxy) is 1. The summed E-state index contributed by atoms with van der Waals surface area (Å²) in [6.45, 7) is 0.343. The second-order valence-electron chi connectivity index (χ2n) is 11.4. The molecular weight excluding hydrogens is 775 g/mol. The largest absolute Gasteiger partial charge is 0.480 e. The Labute approximate surface area is 311 Å². The molecule has 1 amide bonds. The Morgan fingerprint density at radius 2 is 1.65 bits per heavy atom. The summed E-state index contributed by atoms with van der Waals surface area (Å²) in [5.41, 5.74) is 1.23. The molecule has 0 aliphatic carbocycles. The van der Waals surface area contributed by atoms with Gasteiger partial charge in [-0.1, -0.05) is 84.6 Å². The number of benzene rings is 2. The maximum absolute atomic E-state index is 13.9. The average molecular weight is 806 g/mol. The van der Waals surface area contributed by atoms with Crippen LogP contribution in [0.15, 0.2) is 89.7 Å². The van der Waals surface area contributed by atoms with Crippen molar-refractivity contribution in [1.82, 2.24) is 14.4 Å². The third-order valence-corrected chi connectivity index (χ3v) is 12.4. The molecule has 1 saturated heterocycles. The topological polar surface area (TPSA) is 201 Å². The molecule has 1 unspecified atom stereocenters. The quantitative estimate of drug-likeness (QED) is 0.168. The first kappa shape index (κ1) is 38.9. The minimum absolute atomic E-state index is 0.0332. The number of carboxylic acid groups (broad SMARTS) is 1. The SMILES string of the molecule is CC(CCN1C=C(c2ccccc2)OC1=CC=C(C=c1sc(=C2SC(=S)N(CC(=O)O)C2=O)n(CCS(=O)(=O)O)c1=O)c1ccccc1)S(=O)(=O)O. The molecule has 5 rings (SSSR count). The van der Waals surface area contributed by atoms with Crippen LogP contribution in [0.1, 0.15) is 24.5 Å². The van der Waals surface area contributed by atoms with Gasteiger partial charge in [0.05, 0.1) is 21.7 Å². The second kappa shape index (κ2) is 16.1. The molecule has 19 heteroatoms. The summed E-state index contributed by atoms with van der Waals surface area (Å²) in [4.78, 5) is 41.0. The van der Waals surface area contributed by atoms with Crippen molar-refractivity contribution >= 4 is 94.1 Å². The van der Waals surface area contributed by atoms with E-state index in [1.807, 2.05) is 30.3 Å². The number of hydrogen-bond acceptors (Lipinski definition) is 12. The van der Waals surface area contributed by atoms with Crippen LogP contribution < -0.4 is 14.8 Å². The van der Waals surface area contributed by atoms with Crippen molar-refractivity contribution in [3.63, 3.8) is 0 Å². The molecule has 2 aliphatic rings. The standard InChI is InChI=1S/C33H31N3O11S5/c1-21(52(44,45)46)14-15-34-19-25(23-10-6-3-7-11-23)47-27(34)13-12-24(22-8-4-2-5-9-22)18-26-30(39)35(16-17-51(41,42)43)32(49-26)29-31(40)36(20-28(37)38)33(48)50-29/h2-13,18-19,21H,14-17,20H2,1H3,(H,37,38)(H,41,42,43)(H,44,45,46). The highest BCUT2D eigenvalue weighted by atomic mass is 32.2. The normalized spacial score (nSPS) is 18.3. The fourth-order valence-electron chi connectivity index (χ4n) is 4.97. The summed E-state index contributed by atoms with van der Waals surface area (Å²) < 4.78 is 73.0. The molecule has 3 heterocycles. The molecule has 2 aromatic carbocycles. The monoisotopic (exact) mass is 805 g/mol. The Bertz CT molecular complexity index is 2400. The van der Waals surface area contributed by atoms with E-state index in [0.717, 1.165) is 38.1 Å². The third kappa shape index (κ3) is 9.54. The van der Waals surface area contributed by atoms with Crippen molar-refractivity contribution < 1.29 is 45.4 Å². The molecule has 1 fully saturated rings. The minimum atomic E-state index is -4.52. The van der Waals surface area contributed by atoms with Gasteiger partial charge in [-0.2, -0.15) is 16.8 Å². The first-order valence-electron chi connectivity index (χ1n) is 15.3. The molecule has 274 valence electrons. The number of carbonyl (C=O) groups is 2. The minimum Gasteiger partial charge on any atom is -0.480 e. The zero-order chi connectivity index (χ0) is 37.8. The van der Waals surface area contributed by atoms with E-state index in [0.29, 0.717) is 22.8 Å². The number of thioether (sulfide) groups is 1. The average Bonchev–Trinajstić information content (AvgIpc) is 3.73. The van der Waals surface area contributed by atoms with Crippen LogP contribution in [-0.4, -0.2) is 85.7 Å². The zero-order valence-electron chi connectivity index (χ0n) is 27.2. The van der Waals surface area contributed by atoms with E-state index in [1.165, 1.54) is 13.0 Å². The van der Waals surface area contributed by atoms with Crippen LogP contribution in [0.5, 0.6) is 0 Å². The number of thiocarbonyl (C=S) groups is 1. The van der Waals surface area contributed by atoms with Crippen LogP contribution in [0.25, 0.3) is 22.3 Å². The van der Waals surface area contributed by atoms with Gasteiger partial charge in [0, 0.05) is 18.7 Å². The Hall–Kier alpha value is -4.37. The van der Waals surface area contributed by atoms with Gasteiger partial charge >= 0.3 is 5.97 Å². The number of aliphatic carboxylic acids is 1. The van der Waals surface area contributed by atoms with Crippen molar-refractivity contribution in [3.05, 3.63) is 116 Å². The molecule has 1 atom stereocenters. The van der Waals surface area contributed by atoms with Crippen molar-refractivity contribution in [3.8, 4) is 0 Å². The maximum Gasteiger partial charge on any atom is 0.323 e. The van der Waals surface area contributed by atoms with Gasteiger partial charge in [-0.3, -0.25) is 33.0 Å². The Morgan fingerprint density at radius 1 is 1.00 bits per heavy atom. The van der Waals surface area contributed by atoms with E-state index >= 15 is 0 Å². The molecule has 3 N–H and O–H groups in total. The first-order chi connectivity index (χ1) is 24.5. The first-order valence-corrected chi connectivity index (χ1v) is 20.5. The highest BCUT2D eigenvalue weighted by molar-refractivity contribution is 8.30. The van der Waals surface area contributed by atoms with E-state index in [-0.39, 0.29) is 31.4 Å². The van der Waals surface area contributed by atoms with Crippen LogP contribution in [0, 0.1) is 0 Å². The van der Waals surface area contributed by atoms with Gasteiger partial charge in [-0.05, 0) is 42.7 Å². The summed E-state index contributed by atoms with van der Waals surface area (Å²) in [5, 5.41) is 8.22. The van der Waals surface area contributed by atoms with Gasteiger partial charge < -0.3 is 14.7 Å². The molecule has 0 saturated carbocycles. The molecular formula is C33H31N3O11S5. The van der Waals surface area contributed by atoms with Gasteiger partial charge in [0.15, 0.2) is 11.6 Å². The van der Waals surface area contributed by atoms with Crippen LogP contribution in [-0.2, 0) is 41.1 Å².